The molecule has 0 aliphatic rings. The molecule has 0 spiro atoms. The molecule has 0 aliphatic heterocycles. The average Bonchev–Trinajstić information content (AvgIpc) is 2.49. The van der Waals surface area contributed by atoms with Crippen molar-refractivity contribution in [3.63, 3.8) is 0 Å². The fourth-order valence-electron chi connectivity index (χ4n) is 1.72. The number of carbonyl (C=O) groups excluding carboxylic acids is 1. The standard InChI is InChI=1S/C16H16ClO3P/c1-2-8-19-12-9-13(15(21)14(17)10-12)16(18)20-11-6-4-3-5-7-11/h3-7,9-10H,2,8,21H2,1H3. The lowest BCUT2D eigenvalue weighted by molar-refractivity contribution is 0.0736. The highest BCUT2D eigenvalue weighted by molar-refractivity contribution is 7.28. The van der Waals surface area contributed by atoms with E-state index >= 15 is 0 Å². The highest BCUT2D eigenvalue weighted by Gasteiger charge is 2.16. The van der Waals surface area contributed by atoms with Crippen molar-refractivity contribution >= 4 is 32.1 Å². The Morgan fingerprint density at radius 2 is 1.90 bits per heavy atom. The molecule has 21 heavy (non-hydrogen) atoms. The Hall–Kier alpha value is -1.57. The van der Waals surface area contributed by atoms with Crippen LogP contribution in [-0.4, -0.2) is 12.6 Å². The Morgan fingerprint density at radius 3 is 2.57 bits per heavy atom. The van der Waals surface area contributed by atoms with Gasteiger partial charge in [0.1, 0.15) is 11.5 Å². The predicted octanol–water partition coefficient (Wildman–Crippen LogP) is 3.85. The molecular weight excluding hydrogens is 307 g/mol. The summed E-state index contributed by atoms with van der Waals surface area (Å²) in [5.74, 6) is 0.589. The molecule has 1 unspecified atom stereocenters. The fraction of sp³-hybridized carbons (Fsp3) is 0.188. The largest absolute Gasteiger partial charge is 0.494 e. The molecule has 3 nitrogen and oxygen atoms in total. The van der Waals surface area contributed by atoms with Gasteiger partial charge in [-0.2, -0.15) is 0 Å². The van der Waals surface area contributed by atoms with Crippen LogP contribution in [0.25, 0.3) is 0 Å². The second-order valence-corrected chi connectivity index (χ2v) is 5.40. The van der Waals surface area contributed by atoms with Crippen molar-refractivity contribution in [2.75, 3.05) is 6.61 Å². The van der Waals surface area contributed by atoms with Gasteiger partial charge in [0, 0.05) is 5.30 Å². The predicted molar refractivity (Wildman–Crippen MR) is 88.0 cm³/mol. The Bertz CT molecular complexity index is 629. The van der Waals surface area contributed by atoms with Gasteiger partial charge in [0.25, 0.3) is 0 Å². The smallest absolute Gasteiger partial charge is 0.344 e. The summed E-state index contributed by atoms with van der Waals surface area (Å²) in [5.41, 5.74) is 0.377. The first-order chi connectivity index (χ1) is 10.1. The molecule has 2 rings (SSSR count). The Labute approximate surface area is 131 Å². The number of para-hydroxylation sites is 1. The van der Waals surface area contributed by atoms with Crippen LogP contribution in [0.3, 0.4) is 0 Å². The number of benzene rings is 2. The van der Waals surface area contributed by atoms with E-state index in [0.29, 0.717) is 34.0 Å². The summed E-state index contributed by atoms with van der Waals surface area (Å²) in [5, 5.41) is 1.05. The molecule has 1 atom stereocenters. The van der Waals surface area contributed by atoms with E-state index in [0.717, 1.165) is 6.42 Å². The van der Waals surface area contributed by atoms with Crippen LogP contribution < -0.4 is 14.8 Å². The topological polar surface area (TPSA) is 35.5 Å². The molecule has 5 heteroatoms. The molecule has 0 amide bonds. The fourth-order valence-corrected chi connectivity index (χ4v) is 2.21. The molecule has 0 aliphatic carbocycles. The minimum Gasteiger partial charge on any atom is -0.494 e. The monoisotopic (exact) mass is 322 g/mol. The van der Waals surface area contributed by atoms with E-state index in [9.17, 15) is 4.79 Å². The minimum absolute atomic E-state index is 0.377. The summed E-state index contributed by atoms with van der Waals surface area (Å²) in [7, 11) is 2.46. The summed E-state index contributed by atoms with van der Waals surface area (Å²) in [6.45, 7) is 2.58. The van der Waals surface area contributed by atoms with Gasteiger partial charge in [0.05, 0.1) is 17.2 Å². The van der Waals surface area contributed by atoms with Gasteiger partial charge in [-0.25, -0.2) is 4.79 Å². The summed E-state index contributed by atoms with van der Waals surface area (Å²) in [6, 6.07) is 12.2. The third kappa shape index (κ3) is 4.20. The van der Waals surface area contributed by atoms with Crippen LogP contribution in [0.4, 0.5) is 0 Å². The zero-order valence-electron chi connectivity index (χ0n) is 11.6. The lowest BCUT2D eigenvalue weighted by atomic mass is 10.2. The second-order valence-electron chi connectivity index (χ2n) is 4.42. The van der Waals surface area contributed by atoms with Gasteiger partial charge in [-0.1, -0.05) is 36.7 Å². The molecule has 0 heterocycles. The number of rotatable bonds is 5. The maximum atomic E-state index is 12.3. The number of carbonyl (C=O) groups is 1. The van der Waals surface area contributed by atoms with E-state index in [1.165, 1.54) is 0 Å². The van der Waals surface area contributed by atoms with Gasteiger partial charge in [0.2, 0.25) is 0 Å². The number of halogens is 1. The zero-order chi connectivity index (χ0) is 15.2. The Balaban J connectivity index is 2.25. The van der Waals surface area contributed by atoms with Crippen LogP contribution in [0.2, 0.25) is 5.02 Å². The zero-order valence-corrected chi connectivity index (χ0v) is 13.5. The highest BCUT2D eigenvalue weighted by atomic mass is 35.5. The van der Waals surface area contributed by atoms with E-state index in [-0.39, 0.29) is 0 Å². The highest BCUT2D eigenvalue weighted by Crippen LogP contribution is 2.23. The van der Waals surface area contributed by atoms with Crippen LogP contribution in [-0.2, 0) is 0 Å². The van der Waals surface area contributed by atoms with Crippen LogP contribution >= 0.6 is 20.8 Å². The first-order valence-corrected chi connectivity index (χ1v) is 7.56. The molecule has 2 aromatic carbocycles. The molecule has 0 saturated carbocycles. The third-order valence-electron chi connectivity index (χ3n) is 2.75. The number of ether oxygens (including phenoxy) is 2. The lowest BCUT2D eigenvalue weighted by Crippen LogP contribution is -2.17. The molecule has 2 aromatic rings. The molecule has 0 aromatic heterocycles. The van der Waals surface area contributed by atoms with Crippen molar-refractivity contribution < 1.29 is 14.3 Å². The molecular formula is C16H16ClO3P. The summed E-state index contributed by atoms with van der Waals surface area (Å²) >= 11 is 6.14. The van der Waals surface area contributed by atoms with Gasteiger partial charge in [-0.15, -0.1) is 9.24 Å². The third-order valence-corrected chi connectivity index (χ3v) is 3.87. The molecule has 0 fully saturated rings. The van der Waals surface area contributed by atoms with Crippen molar-refractivity contribution in [3.05, 3.63) is 53.1 Å². The van der Waals surface area contributed by atoms with Gasteiger partial charge in [-0.3, -0.25) is 0 Å². The van der Waals surface area contributed by atoms with Crippen LogP contribution in [0.5, 0.6) is 11.5 Å². The summed E-state index contributed by atoms with van der Waals surface area (Å²) < 4.78 is 10.9. The van der Waals surface area contributed by atoms with Gasteiger partial charge >= 0.3 is 5.97 Å². The van der Waals surface area contributed by atoms with Crippen molar-refractivity contribution in [2.24, 2.45) is 0 Å². The summed E-state index contributed by atoms with van der Waals surface area (Å²) in [4.78, 5) is 12.3. The minimum atomic E-state index is -0.463. The van der Waals surface area contributed by atoms with Gasteiger partial charge in [-0.05, 0) is 30.7 Å². The Kier molecular flexibility index (Phi) is 5.60. The number of esters is 1. The quantitative estimate of drug-likeness (QED) is 0.476. The normalized spacial score (nSPS) is 10.2. The van der Waals surface area contributed by atoms with Crippen molar-refractivity contribution in [1.29, 1.82) is 0 Å². The van der Waals surface area contributed by atoms with Crippen LogP contribution in [0.1, 0.15) is 23.7 Å². The SMILES string of the molecule is CCCOc1cc(Cl)c(P)c(C(=O)Oc2ccccc2)c1. The Morgan fingerprint density at radius 1 is 1.19 bits per heavy atom. The molecule has 110 valence electrons. The number of hydrogen-bond acceptors (Lipinski definition) is 3. The molecule has 0 saturated heterocycles. The molecule has 0 N–H and O–H groups in total. The van der Waals surface area contributed by atoms with Gasteiger partial charge < -0.3 is 9.47 Å². The van der Waals surface area contributed by atoms with E-state index in [4.69, 9.17) is 21.1 Å². The van der Waals surface area contributed by atoms with E-state index in [1.54, 1.807) is 36.4 Å². The maximum absolute atomic E-state index is 12.3. The summed E-state index contributed by atoms with van der Waals surface area (Å²) in [6.07, 6.45) is 0.879. The molecule has 0 radical (unpaired) electrons. The van der Waals surface area contributed by atoms with Crippen molar-refractivity contribution in [2.45, 2.75) is 13.3 Å². The molecule has 0 bridgehead atoms. The second kappa shape index (κ2) is 7.44. The van der Waals surface area contributed by atoms with Crippen LogP contribution in [0, 0.1) is 0 Å². The first-order valence-electron chi connectivity index (χ1n) is 6.61. The van der Waals surface area contributed by atoms with Gasteiger partial charge in [0.15, 0.2) is 0 Å². The maximum Gasteiger partial charge on any atom is 0.344 e. The van der Waals surface area contributed by atoms with E-state index in [2.05, 4.69) is 9.24 Å². The van der Waals surface area contributed by atoms with E-state index in [1.807, 2.05) is 13.0 Å². The lowest BCUT2D eigenvalue weighted by Gasteiger charge is -2.11. The van der Waals surface area contributed by atoms with Crippen LogP contribution in [0.15, 0.2) is 42.5 Å². The van der Waals surface area contributed by atoms with E-state index < -0.39 is 5.97 Å². The average molecular weight is 323 g/mol. The van der Waals surface area contributed by atoms with Crippen molar-refractivity contribution in [3.8, 4) is 11.5 Å². The number of hydrogen-bond donors (Lipinski definition) is 0. The van der Waals surface area contributed by atoms with Crippen molar-refractivity contribution in [1.82, 2.24) is 0 Å². The first kappa shape index (κ1) is 15.8.